The molecule has 0 aliphatic rings. The molecule has 0 bridgehead atoms. The van der Waals surface area contributed by atoms with Crippen molar-refractivity contribution >= 4 is 5.91 Å². The molecule has 0 aromatic rings. The van der Waals surface area contributed by atoms with E-state index < -0.39 is 0 Å². The summed E-state index contributed by atoms with van der Waals surface area (Å²) >= 11 is 0. The van der Waals surface area contributed by atoms with E-state index in [9.17, 15) is 4.79 Å². The second-order valence-electron chi connectivity index (χ2n) is 2.27. The lowest BCUT2D eigenvalue weighted by Gasteiger charge is -2.12. The van der Waals surface area contributed by atoms with E-state index in [0.717, 1.165) is 17.9 Å². The Morgan fingerprint density at radius 1 is 1.40 bits per heavy atom. The van der Waals surface area contributed by atoms with Crippen LogP contribution in [0.1, 0.15) is 33.1 Å². The summed E-state index contributed by atoms with van der Waals surface area (Å²) < 4.78 is 0. The van der Waals surface area contributed by atoms with Crippen molar-refractivity contribution in [3.63, 3.8) is 0 Å². The molecule has 1 amide bonds. The van der Waals surface area contributed by atoms with E-state index in [4.69, 9.17) is 5.21 Å². The minimum atomic E-state index is -0.177. The van der Waals surface area contributed by atoms with Crippen LogP contribution in [0.25, 0.3) is 0 Å². The molecule has 0 fully saturated rings. The van der Waals surface area contributed by atoms with Gasteiger partial charge in [0.05, 0.1) is 0 Å². The van der Waals surface area contributed by atoms with Crippen LogP contribution in [0, 0.1) is 0 Å². The quantitative estimate of drug-likeness (QED) is 0.480. The molecule has 0 heterocycles. The summed E-state index contributed by atoms with van der Waals surface area (Å²) in [7, 11) is 0. The van der Waals surface area contributed by atoms with E-state index in [1.54, 1.807) is 0 Å². The highest BCUT2D eigenvalue weighted by atomic mass is 16.5. The Bertz CT molecular complexity index is 104. The van der Waals surface area contributed by atoms with E-state index >= 15 is 0 Å². The maximum atomic E-state index is 10.8. The molecular weight excluding hydrogens is 130 g/mol. The summed E-state index contributed by atoms with van der Waals surface area (Å²) in [6.07, 6.45) is 2.03. The zero-order valence-electron chi connectivity index (χ0n) is 6.63. The average molecular weight is 145 g/mol. The third-order valence-corrected chi connectivity index (χ3v) is 1.19. The fourth-order valence-electron chi connectivity index (χ4n) is 0.679. The molecule has 0 unspecified atom stereocenters. The number of nitrogens with zero attached hydrogens (tertiary/aromatic N) is 1. The number of carbonyl (C=O) groups is 1. The van der Waals surface area contributed by atoms with Gasteiger partial charge in [0.1, 0.15) is 0 Å². The monoisotopic (exact) mass is 145 g/mol. The molecule has 0 aliphatic heterocycles. The number of carbonyl (C=O) groups excluding carboxylic acids is 1. The van der Waals surface area contributed by atoms with E-state index in [1.807, 2.05) is 13.8 Å². The minimum Gasteiger partial charge on any atom is -0.286 e. The molecule has 0 saturated heterocycles. The summed E-state index contributed by atoms with van der Waals surface area (Å²) in [5.41, 5.74) is 0. The third-order valence-electron chi connectivity index (χ3n) is 1.19. The van der Waals surface area contributed by atoms with Crippen molar-refractivity contribution in [3.05, 3.63) is 0 Å². The van der Waals surface area contributed by atoms with Crippen LogP contribution in [-0.4, -0.2) is 22.7 Å². The largest absolute Gasteiger partial charge is 0.286 e. The van der Waals surface area contributed by atoms with Gasteiger partial charge < -0.3 is 0 Å². The van der Waals surface area contributed by atoms with Gasteiger partial charge in [0, 0.05) is 13.0 Å². The first kappa shape index (κ1) is 9.43. The number of hydrogen-bond donors (Lipinski definition) is 1. The van der Waals surface area contributed by atoms with Crippen molar-refractivity contribution in [2.45, 2.75) is 33.1 Å². The number of hydroxylamine groups is 2. The number of hydrogen-bond acceptors (Lipinski definition) is 2. The van der Waals surface area contributed by atoms with Gasteiger partial charge in [-0.15, -0.1) is 0 Å². The van der Waals surface area contributed by atoms with Crippen molar-refractivity contribution < 1.29 is 10.0 Å². The van der Waals surface area contributed by atoms with Gasteiger partial charge in [-0.2, -0.15) is 0 Å². The highest BCUT2D eigenvalue weighted by molar-refractivity contribution is 5.74. The van der Waals surface area contributed by atoms with Crippen molar-refractivity contribution in [2.75, 3.05) is 6.54 Å². The zero-order valence-corrected chi connectivity index (χ0v) is 6.63. The Labute approximate surface area is 61.6 Å². The molecule has 0 aromatic heterocycles. The van der Waals surface area contributed by atoms with Gasteiger partial charge in [0.25, 0.3) is 0 Å². The van der Waals surface area contributed by atoms with Crippen LogP contribution >= 0.6 is 0 Å². The first-order chi connectivity index (χ1) is 4.72. The van der Waals surface area contributed by atoms with Crippen LogP contribution in [0.2, 0.25) is 0 Å². The van der Waals surface area contributed by atoms with Gasteiger partial charge in [-0.1, -0.05) is 13.8 Å². The molecule has 0 aliphatic carbocycles. The van der Waals surface area contributed by atoms with Crippen molar-refractivity contribution in [2.24, 2.45) is 0 Å². The summed E-state index contributed by atoms with van der Waals surface area (Å²) in [6.45, 7) is 4.28. The van der Waals surface area contributed by atoms with E-state index in [-0.39, 0.29) is 5.91 Å². The maximum absolute atomic E-state index is 10.8. The van der Waals surface area contributed by atoms with Gasteiger partial charge in [0.2, 0.25) is 5.91 Å². The van der Waals surface area contributed by atoms with Crippen LogP contribution in [0.5, 0.6) is 0 Å². The average Bonchev–Trinajstić information content (AvgIpc) is 1.89. The summed E-state index contributed by atoms with van der Waals surface area (Å²) in [5, 5.41) is 9.73. The molecule has 0 spiro atoms. The fourth-order valence-corrected chi connectivity index (χ4v) is 0.679. The standard InChI is InChI=1S/C7H15NO2/c1-3-5-7(9)8(10)6-4-2/h10H,3-6H2,1-2H3. The Balaban J connectivity index is 3.49. The van der Waals surface area contributed by atoms with Crippen molar-refractivity contribution in [3.8, 4) is 0 Å². The van der Waals surface area contributed by atoms with Gasteiger partial charge in [0.15, 0.2) is 0 Å². The fraction of sp³-hybridized carbons (Fsp3) is 0.857. The van der Waals surface area contributed by atoms with Crippen LogP contribution in [0.3, 0.4) is 0 Å². The topological polar surface area (TPSA) is 40.5 Å². The molecule has 0 rings (SSSR count). The highest BCUT2D eigenvalue weighted by Crippen LogP contribution is 1.94. The molecule has 3 nitrogen and oxygen atoms in total. The molecule has 0 saturated carbocycles. The van der Waals surface area contributed by atoms with Crippen molar-refractivity contribution in [1.82, 2.24) is 5.06 Å². The second-order valence-corrected chi connectivity index (χ2v) is 2.27. The van der Waals surface area contributed by atoms with Gasteiger partial charge >= 0.3 is 0 Å². The SMILES string of the molecule is CCCC(=O)N(O)CCC. The Kier molecular flexibility index (Phi) is 4.94. The summed E-state index contributed by atoms with van der Waals surface area (Å²) in [5.74, 6) is -0.177. The molecular formula is C7H15NO2. The molecule has 10 heavy (non-hydrogen) atoms. The lowest BCUT2D eigenvalue weighted by molar-refractivity contribution is -0.165. The number of amides is 1. The molecule has 0 radical (unpaired) electrons. The van der Waals surface area contributed by atoms with E-state index in [1.165, 1.54) is 0 Å². The lowest BCUT2D eigenvalue weighted by Crippen LogP contribution is -2.27. The summed E-state index contributed by atoms with van der Waals surface area (Å²) in [4.78, 5) is 10.8. The maximum Gasteiger partial charge on any atom is 0.245 e. The highest BCUT2D eigenvalue weighted by Gasteiger charge is 2.06. The van der Waals surface area contributed by atoms with Crippen LogP contribution < -0.4 is 0 Å². The minimum absolute atomic E-state index is 0.177. The van der Waals surface area contributed by atoms with Crippen LogP contribution in [0.15, 0.2) is 0 Å². The predicted molar refractivity (Wildman–Crippen MR) is 38.7 cm³/mol. The van der Waals surface area contributed by atoms with Crippen LogP contribution in [0.4, 0.5) is 0 Å². The molecule has 3 heteroatoms. The first-order valence-electron chi connectivity index (χ1n) is 3.71. The normalized spacial score (nSPS) is 9.50. The molecule has 0 aromatic carbocycles. The Morgan fingerprint density at radius 2 is 2.00 bits per heavy atom. The third kappa shape index (κ3) is 3.45. The van der Waals surface area contributed by atoms with E-state index in [2.05, 4.69) is 0 Å². The molecule has 60 valence electrons. The summed E-state index contributed by atoms with van der Waals surface area (Å²) in [6, 6.07) is 0. The zero-order chi connectivity index (χ0) is 7.98. The van der Waals surface area contributed by atoms with Crippen LogP contribution in [-0.2, 0) is 4.79 Å². The first-order valence-corrected chi connectivity index (χ1v) is 3.71. The lowest BCUT2D eigenvalue weighted by atomic mass is 10.3. The molecule has 1 N–H and O–H groups in total. The smallest absolute Gasteiger partial charge is 0.245 e. The van der Waals surface area contributed by atoms with Gasteiger partial charge in [-0.3, -0.25) is 10.0 Å². The molecule has 0 atom stereocenters. The predicted octanol–water partition coefficient (Wildman–Crippen LogP) is 1.41. The Hall–Kier alpha value is -0.570. The van der Waals surface area contributed by atoms with Crippen molar-refractivity contribution in [1.29, 1.82) is 0 Å². The van der Waals surface area contributed by atoms with Gasteiger partial charge in [-0.25, -0.2) is 5.06 Å². The number of rotatable bonds is 4. The van der Waals surface area contributed by atoms with Gasteiger partial charge in [-0.05, 0) is 12.8 Å². The second kappa shape index (κ2) is 5.23. The van der Waals surface area contributed by atoms with E-state index in [0.29, 0.717) is 13.0 Å². The Morgan fingerprint density at radius 3 is 2.40 bits per heavy atom.